The highest BCUT2D eigenvalue weighted by Gasteiger charge is 2.20. The number of hydrogen-bond donors (Lipinski definition) is 3. The molecular formula is C24H38O15S. The van der Waals surface area contributed by atoms with Gasteiger partial charge in [-0.1, -0.05) is 0 Å². The lowest BCUT2D eigenvalue weighted by molar-refractivity contribution is -0.00323. The standard InChI is InChI=1S/C24H38O15S/c25-1-3-32-5-7-34-9-11-36-13-15-38-23(27)20-17-21(19-22(18-20)40(29,30)31)24(28)39-16-14-37-12-10-35-8-6-33-4-2-26/h17-19,25-26H,1-16H2,(H,29,30,31). The van der Waals surface area contributed by atoms with Gasteiger partial charge in [-0.2, -0.15) is 8.42 Å². The van der Waals surface area contributed by atoms with Crippen molar-refractivity contribution in [1.82, 2.24) is 0 Å². The van der Waals surface area contributed by atoms with E-state index in [-0.39, 0.29) is 90.4 Å². The van der Waals surface area contributed by atoms with E-state index in [9.17, 15) is 22.6 Å². The SMILES string of the molecule is O=C(OCCOCCOCCOCCO)c1cc(C(=O)OCCOCCOCCOCCO)cc(S(=O)(=O)O)c1. The molecule has 0 saturated carbocycles. The fourth-order valence-electron chi connectivity index (χ4n) is 2.75. The zero-order valence-corrected chi connectivity index (χ0v) is 23.0. The topological polar surface area (TPSA) is 203 Å². The molecule has 0 atom stereocenters. The molecule has 1 aromatic carbocycles. The Morgan fingerprint density at radius 2 is 0.825 bits per heavy atom. The predicted octanol–water partition coefficient (Wildman–Crippen LogP) is -0.669. The minimum absolute atomic E-state index is 0.0333. The first kappa shape index (κ1) is 35.8. The summed E-state index contributed by atoms with van der Waals surface area (Å²) in [6.45, 7) is 2.42. The molecule has 15 nitrogen and oxygen atoms in total. The molecule has 0 aliphatic heterocycles. The van der Waals surface area contributed by atoms with Crippen molar-refractivity contribution < 1.29 is 70.7 Å². The summed E-state index contributed by atoms with van der Waals surface area (Å²) in [5, 5.41) is 17.2. The number of aliphatic hydroxyl groups is 2. The Morgan fingerprint density at radius 3 is 1.12 bits per heavy atom. The number of ether oxygens (including phenoxy) is 8. The molecule has 40 heavy (non-hydrogen) atoms. The van der Waals surface area contributed by atoms with Crippen LogP contribution in [0.25, 0.3) is 0 Å². The minimum atomic E-state index is -4.74. The molecule has 0 spiro atoms. The lowest BCUT2D eigenvalue weighted by Crippen LogP contribution is -2.16. The summed E-state index contributed by atoms with van der Waals surface area (Å²) in [6, 6.07) is 2.83. The molecule has 3 N–H and O–H groups in total. The summed E-state index contributed by atoms with van der Waals surface area (Å²) in [5.41, 5.74) is -0.575. The first-order valence-electron chi connectivity index (χ1n) is 12.4. The predicted molar refractivity (Wildman–Crippen MR) is 136 cm³/mol. The van der Waals surface area contributed by atoms with Crippen molar-refractivity contribution in [2.24, 2.45) is 0 Å². The van der Waals surface area contributed by atoms with Crippen LogP contribution in [0.3, 0.4) is 0 Å². The number of esters is 2. The van der Waals surface area contributed by atoms with Crippen LogP contribution in [-0.2, 0) is 48.0 Å². The molecule has 0 bridgehead atoms. The van der Waals surface area contributed by atoms with Crippen LogP contribution in [0.4, 0.5) is 0 Å². The Kier molecular flexibility index (Phi) is 20.1. The Bertz CT molecular complexity index is 882. The zero-order valence-electron chi connectivity index (χ0n) is 22.2. The van der Waals surface area contributed by atoms with E-state index in [1.807, 2.05) is 0 Å². The molecule has 1 aromatic rings. The maximum absolute atomic E-state index is 12.4. The monoisotopic (exact) mass is 598 g/mol. The van der Waals surface area contributed by atoms with E-state index in [0.29, 0.717) is 26.4 Å². The first-order chi connectivity index (χ1) is 19.3. The third kappa shape index (κ3) is 17.4. The quantitative estimate of drug-likeness (QED) is 0.0726. The van der Waals surface area contributed by atoms with Crippen LogP contribution in [-0.4, -0.2) is 141 Å². The highest BCUT2D eigenvalue weighted by atomic mass is 32.2. The molecule has 0 unspecified atom stereocenters. The van der Waals surface area contributed by atoms with E-state index in [1.54, 1.807) is 0 Å². The van der Waals surface area contributed by atoms with Gasteiger partial charge in [0.25, 0.3) is 10.1 Å². The van der Waals surface area contributed by atoms with Crippen LogP contribution >= 0.6 is 0 Å². The second-order valence-corrected chi connectivity index (χ2v) is 9.04. The number of rotatable bonds is 25. The second-order valence-electron chi connectivity index (χ2n) is 7.61. The van der Waals surface area contributed by atoms with Crippen molar-refractivity contribution in [2.75, 3.05) is 106 Å². The van der Waals surface area contributed by atoms with E-state index < -0.39 is 27.0 Å². The van der Waals surface area contributed by atoms with Gasteiger partial charge in [0.15, 0.2) is 0 Å². The maximum atomic E-state index is 12.4. The summed E-state index contributed by atoms with van der Waals surface area (Å²) in [4.78, 5) is 24.1. The number of benzene rings is 1. The average molecular weight is 599 g/mol. The van der Waals surface area contributed by atoms with Gasteiger partial charge in [0.1, 0.15) is 13.2 Å². The largest absolute Gasteiger partial charge is 0.460 e. The van der Waals surface area contributed by atoms with Crippen molar-refractivity contribution >= 4 is 22.1 Å². The van der Waals surface area contributed by atoms with Gasteiger partial charge in [0.2, 0.25) is 0 Å². The highest BCUT2D eigenvalue weighted by molar-refractivity contribution is 7.85. The van der Waals surface area contributed by atoms with E-state index in [2.05, 4.69) is 0 Å². The van der Waals surface area contributed by atoms with Gasteiger partial charge < -0.3 is 48.1 Å². The van der Waals surface area contributed by atoms with Gasteiger partial charge in [-0.15, -0.1) is 0 Å². The smallest absolute Gasteiger partial charge is 0.338 e. The Balaban J connectivity index is 2.41. The molecule has 230 valence electrons. The summed E-state index contributed by atoms with van der Waals surface area (Å²) in [5.74, 6) is -1.88. The second kappa shape index (κ2) is 22.4. The number of carbonyl (C=O) groups is 2. The van der Waals surface area contributed by atoms with Gasteiger partial charge in [0, 0.05) is 0 Å². The lowest BCUT2D eigenvalue weighted by Gasteiger charge is -2.10. The van der Waals surface area contributed by atoms with Crippen molar-refractivity contribution in [3.05, 3.63) is 29.3 Å². The normalized spacial score (nSPS) is 11.5. The van der Waals surface area contributed by atoms with E-state index in [4.69, 9.17) is 48.1 Å². The van der Waals surface area contributed by atoms with Crippen LogP contribution in [0.1, 0.15) is 20.7 Å². The van der Waals surface area contributed by atoms with Gasteiger partial charge in [-0.3, -0.25) is 4.55 Å². The van der Waals surface area contributed by atoms with E-state index >= 15 is 0 Å². The van der Waals surface area contributed by atoms with E-state index in [0.717, 1.165) is 18.2 Å². The molecule has 16 heteroatoms. The van der Waals surface area contributed by atoms with Gasteiger partial charge in [-0.25, -0.2) is 9.59 Å². The van der Waals surface area contributed by atoms with Crippen molar-refractivity contribution in [2.45, 2.75) is 4.90 Å². The van der Waals surface area contributed by atoms with Crippen LogP contribution in [0.5, 0.6) is 0 Å². The van der Waals surface area contributed by atoms with Gasteiger partial charge in [0.05, 0.1) is 109 Å². The summed E-state index contributed by atoms with van der Waals surface area (Å²) in [7, 11) is -4.74. The minimum Gasteiger partial charge on any atom is -0.460 e. The number of aliphatic hydroxyl groups excluding tert-OH is 2. The molecular weight excluding hydrogens is 560 g/mol. The molecule has 0 fully saturated rings. The third-order valence-corrected chi connectivity index (χ3v) is 5.39. The molecule has 0 saturated heterocycles. The average Bonchev–Trinajstić information content (AvgIpc) is 2.93. The maximum Gasteiger partial charge on any atom is 0.338 e. The molecule has 0 heterocycles. The van der Waals surface area contributed by atoms with Crippen molar-refractivity contribution in [1.29, 1.82) is 0 Å². The van der Waals surface area contributed by atoms with Gasteiger partial charge >= 0.3 is 11.9 Å². The highest BCUT2D eigenvalue weighted by Crippen LogP contribution is 2.17. The van der Waals surface area contributed by atoms with Crippen LogP contribution < -0.4 is 0 Å². The molecule has 0 aliphatic rings. The van der Waals surface area contributed by atoms with Crippen molar-refractivity contribution in [3.63, 3.8) is 0 Å². The van der Waals surface area contributed by atoms with Crippen LogP contribution in [0.15, 0.2) is 23.1 Å². The Hall–Kier alpha value is -2.25. The molecule has 0 aromatic heterocycles. The molecule has 0 aliphatic carbocycles. The third-order valence-electron chi connectivity index (χ3n) is 4.56. The molecule has 0 amide bonds. The Morgan fingerprint density at radius 1 is 0.525 bits per heavy atom. The zero-order chi connectivity index (χ0) is 29.5. The first-order valence-corrected chi connectivity index (χ1v) is 13.9. The summed E-state index contributed by atoms with van der Waals surface area (Å²) < 4.78 is 73.9. The van der Waals surface area contributed by atoms with Crippen LogP contribution in [0, 0.1) is 0 Å². The Labute approximate surface area is 232 Å². The summed E-state index contributed by atoms with van der Waals surface area (Å²) >= 11 is 0. The number of carbonyl (C=O) groups excluding carboxylic acids is 2. The molecule has 0 radical (unpaired) electrons. The molecule has 1 rings (SSSR count). The van der Waals surface area contributed by atoms with Gasteiger partial charge in [-0.05, 0) is 18.2 Å². The van der Waals surface area contributed by atoms with E-state index in [1.165, 1.54) is 0 Å². The summed E-state index contributed by atoms with van der Waals surface area (Å²) in [6.07, 6.45) is 0. The fraction of sp³-hybridized carbons (Fsp3) is 0.667. The van der Waals surface area contributed by atoms with Crippen molar-refractivity contribution in [3.8, 4) is 0 Å². The van der Waals surface area contributed by atoms with Crippen LogP contribution in [0.2, 0.25) is 0 Å². The lowest BCUT2D eigenvalue weighted by atomic mass is 10.1. The fourth-order valence-corrected chi connectivity index (χ4v) is 3.30. The number of hydrogen-bond acceptors (Lipinski definition) is 14.